The number of ether oxygens (including phenoxy) is 1. The number of carbonyl (C=O) groups is 2. The van der Waals surface area contributed by atoms with E-state index in [9.17, 15) is 9.59 Å². The second kappa shape index (κ2) is 6.43. The van der Waals surface area contributed by atoms with E-state index in [1.54, 1.807) is 6.92 Å². The van der Waals surface area contributed by atoms with Crippen LogP contribution in [0.1, 0.15) is 32.6 Å². The molecule has 0 atom stereocenters. The Morgan fingerprint density at radius 1 is 1.27 bits per heavy atom. The van der Waals surface area contributed by atoms with Gasteiger partial charge in [-0.25, -0.2) is 0 Å². The molecule has 0 aromatic heterocycles. The Labute approximate surface area is 90.6 Å². The maximum absolute atomic E-state index is 11.6. The van der Waals surface area contributed by atoms with Crippen LogP contribution in [0.5, 0.6) is 0 Å². The normalized spacial score (nSPS) is 16.2. The predicted molar refractivity (Wildman–Crippen MR) is 56.0 cm³/mol. The van der Waals surface area contributed by atoms with Gasteiger partial charge in [-0.15, -0.1) is 0 Å². The number of hydrogen-bond acceptors (Lipinski definition) is 3. The van der Waals surface area contributed by atoms with E-state index in [0.29, 0.717) is 6.61 Å². The van der Waals surface area contributed by atoms with E-state index in [1.165, 1.54) is 0 Å². The predicted octanol–water partition coefficient (Wildman–Crippen LogP) is 1.16. The number of nitrogens with zero attached hydrogens (tertiary/aromatic N) is 1. The van der Waals surface area contributed by atoms with Gasteiger partial charge < -0.3 is 9.64 Å². The SMILES string of the molecule is CCOC(=O)CCC(=O)N1CC[CH]CC1. The highest BCUT2D eigenvalue weighted by molar-refractivity contribution is 5.81. The zero-order valence-electron chi connectivity index (χ0n) is 9.20. The highest BCUT2D eigenvalue weighted by atomic mass is 16.5. The molecule has 85 valence electrons. The second-order valence-corrected chi connectivity index (χ2v) is 3.55. The van der Waals surface area contributed by atoms with Crippen molar-refractivity contribution >= 4 is 11.9 Å². The first-order valence-corrected chi connectivity index (χ1v) is 5.49. The van der Waals surface area contributed by atoms with Gasteiger partial charge in [0.1, 0.15) is 0 Å². The molecule has 0 spiro atoms. The number of esters is 1. The Balaban J connectivity index is 2.19. The maximum Gasteiger partial charge on any atom is 0.306 e. The summed E-state index contributed by atoms with van der Waals surface area (Å²) >= 11 is 0. The minimum Gasteiger partial charge on any atom is -0.466 e. The van der Waals surface area contributed by atoms with Gasteiger partial charge in [0, 0.05) is 19.5 Å². The van der Waals surface area contributed by atoms with E-state index < -0.39 is 0 Å². The minimum atomic E-state index is -0.283. The molecule has 0 aromatic carbocycles. The van der Waals surface area contributed by atoms with Gasteiger partial charge in [0.2, 0.25) is 5.91 Å². The van der Waals surface area contributed by atoms with Crippen LogP contribution in [0.25, 0.3) is 0 Å². The number of rotatable bonds is 4. The number of hydrogen-bond donors (Lipinski definition) is 0. The lowest BCUT2D eigenvalue weighted by Gasteiger charge is -2.26. The first-order chi connectivity index (χ1) is 7.24. The fourth-order valence-corrected chi connectivity index (χ4v) is 1.60. The Kier molecular flexibility index (Phi) is 5.15. The van der Waals surface area contributed by atoms with Gasteiger partial charge in [-0.3, -0.25) is 9.59 Å². The van der Waals surface area contributed by atoms with E-state index in [2.05, 4.69) is 6.42 Å². The molecule has 4 heteroatoms. The molecule has 15 heavy (non-hydrogen) atoms. The zero-order valence-corrected chi connectivity index (χ0v) is 9.20. The van der Waals surface area contributed by atoms with Crippen LogP contribution in [-0.4, -0.2) is 36.5 Å². The average Bonchev–Trinajstić information content (AvgIpc) is 2.27. The molecular formula is C11H18NO3. The van der Waals surface area contributed by atoms with Crippen molar-refractivity contribution in [2.45, 2.75) is 32.6 Å². The largest absolute Gasteiger partial charge is 0.466 e. The molecule has 0 N–H and O–H groups in total. The number of amides is 1. The molecule has 1 saturated heterocycles. The molecule has 1 amide bonds. The van der Waals surface area contributed by atoms with E-state index in [-0.39, 0.29) is 24.7 Å². The summed E-state index contributed by atoms with van der Waals surface area (Å²) in [5, 5.41) is 0. The van der Waals surface area contributed by atoms with E-state index in [1.807, 2.05) is 4.90 Å². The van der Waals surface area contributed by atoms with Crippen molar-refractivity contribution in [1.29, 1.82) is 0 Å². The summed E-state index contributed by atoms with van der Waals surface area (Å²) in [5.74, 6) is -0.217. The Morgan fingerprint density at radius 2 is 1.93 bits per heavy atom. The summed E-state index contributed by atoms with van der Waals surface area (Å²) in [4.78, 5) is 24.5. The molecule has 4 nitrogen and oxygen atoms in total. The van der Waals surface area contributed by atoms with E-state index in [0.717, 1.165) is 25.9 Å². The highest BCUT2D eigenvalue weighted by Crippen LogP contribution is 2.09. The third-order valence-corrected chi connectivity index (χ3v) is 2.41. The van der Waals surface area contributed by atoms with Crippen molar-refractivity contribution in [2.24, 2.45) is 0 Å². The van der Waals surface area contributed by atoms with Crippen LogP contribution < -0.4 is 0 Å². The molecule has 1 radical (unpaired) electrons. The van der Waals surface area contributed by atoms with Crippen LogP contribution in [-0.2, 0) is 14.3 Å². The highest BCUT2D eigenvalue weighted by Gasteiger charge is 2.17. The number of carbonyl (C=O) groups excluding carboxylic acids is 2. The Bertz CT molecular complexity index is 222. The van der Waals surface area contributed by atoms with Crippen molar-refractivity contribution in [2.75, 3.05) is 19.7 Å². The molecular weight excluding hydrogens is 194 g/mol. The molecule has 0 unspecified atom stereocenters. The standard InChI is InChI=1S/C11H18NO3/c1-2-15-11(14)7-6-10(13)12-8-4-3-5-9-12/h3H,2,4-9H2,1H3. The minimum absolute atomic E-state index is 0.0659. The fraction of sp³-hybridized carbons (Fsp3) is 0.727. The van der Waals surface area contributed by atoms with Crippen LogP contribution in [0.3, 0.4) is 0 Å². The van der Waals surface area contributed by atoms with Crippen molar-refractivity contribution in [3.05, 3.63) is 6.42 Å². The number of likely N-dealkylation sites (tertiary alicyclic amines) is 1. The topological polar surface area (TPSA) is 46.6 Å². The van der Waals surface area contributed by atoms with Gasteiger partial charge in [-0.2, -0.15) is 0 Å². The van der Waals surface area contributed by atoms with E-state index >= 15 is 0 Å². The summed E-state index contributed by atoms with van der Waals surface area (Å²) < 4.78 is 4.76. The lowest BCUT2D eigenvalue weighted by atomic mass is 10.1. The fourth-order valence-electron chi connectivity index (χ4n) is 1.60. The molecule has 1 aliphatic rings. The average molecular weight is 212 g/mol. The van der Waals surface area contributed by atoms with Gasteiger partial charge >= 0.3 is 5.97 Å². The van der Waals surface area contributed by atoms with Gasteiger partial charge in [0.25, 0.3) is 0 Å². The molecule has 1 aliphatic heterocycles. The Morgan fingerprint density at radius 3 is 2.53 bits per heavy atom. The summed E-state index contributed by atoms with van der Waals surface area (Å²) in [6, 6.07) is 0. The summed E-state index contributed by atoms with van der Waals surface area (Å²) in [7, 11) is 0. The molecule has 0 saturated carbocycles. The van der Waals surface area contributed by atoms with Crippen molar-refractivity contribution in [3.8, 4) is 0 Å². The molecule has 0 aromatic rings. The van der Waals surface area contributed by atoms with Gasteiger partial charge in [-0.05, 0) is 26.2 Å². The Hall–Kier alpha value is -1.06. The second-order valence-electron chi connectivity index (χ2n) is 3.55. The van der Waals surface area contributed by atoms with Gasteiger partial charge in [-0.1, -0.05) is 0 Å². The molecule has 0 aliphatic carbocycles. The molecule has 0 bridgehead atoms. The third kappa shape index (κ3) is 4.32. The van der Waals surface area contributed by atoms with Crippen molar-refractivity contribution in [3.63, 3.8) is 0 Å². The summed E-state index contributed by atoms with van der Waals surface area (Å²) in [6.45, 7) is 3.73. The van der Waals surface area contributed by atoms with Crippen LogP contribution in [0.15, 0.2) is 0 Å². The quantitative estimate of drug-likeness (QED) is 0.657. The first kappa shape index (κ1) is 12.0. The lowest BCUT2D eigenvalue weighted by Crippen LogP contribution is -2.35. The van der Waals surface area contributed by atoms with Crippen LogP contribution in [0, 0.1) is 6.42 Å². The third-order valence-electron chi connectivity index (χ3n) is 2.41. The van der Waals surface area contributed by atoms with Crippen LogP contribution in [0.2, 0.25) is 0 Å². The molecule has 1 heterocycles. The van der Waals surface area contributed by atoms with Crippen LogP contribution in [0.4, 0.5) is 0 Å². The summed E-state index contributed by atoms with van der Waals surface area (Å²) in [6.07, 6.45) is 4.59. The molecule has 1 rings (SSSR count). The monoisotopic (exact) mass is 212 g/mol. The smallest absolute Gasteiger partial charge is 0.306 e. The lowest BCUT2D eigenvalue weighted by molar-refractivity contribution is -0.145. The summed E-state index contributed by atoms with van der Waals surface area (Å²) in [5.41, 5.74) is 0. The van der Waals surface area contributed by atoms with Gasteiger partial charge in [0.15, 0.2) is 0 Å². The van der Waals surface area contributed by atoms with E-state index in [4.69, 9.17) is 4.74 Å². The maximum atomic E-state index is 11.6. The molecule has 1 fully saturated rings. The van der Waals surface area contributed by atoms with Gasteiger partial charge in [0.05, 0.1) is 13.0 Å². The zero-order chi connectivity index (χ0) is 11.1. The van der Waals surface area contributed by atoms with Crippen LogP contribution >= 0.6 is 0 Å². The van der Waals surface area contributed by atoms with Crippen molar-refractivity contribution < 1.29 is 14.3 Å². The number of piperidine rings is 1. The van der Waals surface area contributed by atoms with Crippen molar-refractivity contribution in [1.82, 2.24) is 4.90 Å². The first-order valence-electron chi connectivity index (χ1n) is 5.49.